The molecule has 3 aromatic rings. The number of carbonyl (C=O) groups excluding carboxylic acids is 1. The number of amides is 1. The standard InChI is InChI=1S/C22H18F4N2O2/c1-14-9-10-18(20(29)27-12-11-15-5-2-3-8-19(15)23)21(30)28(14)17-7-4-6-16(13-17)22(24,25)26/h2-10,13H,11-12H2,1H3,(H,27,29). The van der Waals surface area contributed by atoms with E-state index in [9.17, 15) is 27.2 Å². The topological polar surface area (TPSA) is 51.1 Å². The Morgan fingerprint density at radius 1 is 1.03 bits per heavy atom. The van der Waals surface area contributed by atoms with Gasteiger partial charge in [0.2, 0.25) is 0 Å². The Kier molecular flexibility index (Phi) is 6.05. The molecular formula is C22H18F4N2O2. The SMILES string of the molecule is Cc1ccc(C(=O)NCCc2ccccc2F)c(=O)n1-c1cccc(C(F)(F)F)c1. The first-order valence-electron chi connectivity index (χ1n) is 9.10. The number of aryl methyl sites for hydroxylation is 1. The number of nitrogens with zero attached hydrogens (tertiary/aromatic N) is 1. The van der Waals surface area contributed by atoms with Gasteiger partial charge < -0.3 is 5.32 Å². The van der Waals surface area contributed by atoms with Gasteiger partial charge in [0.1, 0.15) is 11.4 Å². The first-order chi connectivity index (χ1) is 14.2. The summed E-state index contributed by atoms with van der Waals surface area (Å²) in [5.74, 6) is -1.08. The highest BCUT2D eigenvalue weighted by Crippen LogP contribution is 2.30. The van der Waals surface area contributed by atoms with E-state index in [2.05, 4.69) is 5.32 Å². The van der Waals surface area contributed by atoms with Crippen LogP contribution >= 0.6 is 0 Å². The second kappa shape index (κ2) is 8.52. The molecule has 0 fully saturated rings. The Morgan fingerprint density at radius 2 is 1.77 bits per heavy atom. The lowest BCUT2D eigenvalue weighted by atomic mass is 10.1. The Labute approximate surface area is 169 Å². The van der Waals surface area contributed by atoms with Crippen LogP contribution in [0.15, 0.2) is 65.5 Å². The van der Waals surface area contributed by atoms with Crippen LogP contribution in [0.3, 0.4) is 0 Å². The Morgan fingerprint density at radius 3 is 2.47 bits per heavy atom. The minimum absolute atomic E-state index is 0.00771. The van der Waals surface area contributed by atoms with E-state index in [0.717, 1.165) is 16.7 Å². The molecular weight excluding hydrogens is 400 g/mol. The van der Waals surface area contributed by atoms with Crippen LogP contribution in [0.1, 0.15) is 27.2 Å². The molecule has 1 aromatic heterocycles. The maximum atomic E-state index is 13.7. The fraction of sp³-hybridized carbons (Fsp3) is 0.182. The molecule has 0 aliphatic carbocycles. The molecule has 1 amide bonds. The molecule has 0 bridgehead atoms. The summed E-state index contributed by atoms with van der Waals surface area (Å²) in [6.07, 6.45) is -4.33. The van der Waals surface area contributed by atoms with Crippen molar-refractivity contribution in [2.45, 2.75) is 19.5 Å². The molecule has 30 heavy (non-hydrogen) atoms. The van der Waals surface area contributed by atoms with Crippen molar-refractivity contribution in [1.29, 1.82) is 0 Å². The number of hydrogen-bond donors (Lipinski definition) is 1. The fourth-order valence-corrected chi connectivity index (χ4v) is 3.05. The quantitative estimate of drug-likeness (QED) is 0.629. The van der Waals surface area contributed by atoms with Crippen LogP contribution in [-0.4, -0.2) is 17.0 Å². The third kappa shape index (κ3) is 4.59. The molecule has 0 saturated heterocycles. The maximum absolute atomic E-state index is 13.7. The predicted octanol–water partition coefficient (Wildman–Crippen LogP) is 4.28. The molecule has 0 aliphatic rings. The van der Waals surface area contributed by atoms with E-state index in [0.29, 0.717) is 11.3 Å². The molecule has 1 heterocycles. The van der Waals surface area contributed by atoms with Gasteiger partial charge in [-0.3, -0.25) is 14.2 Å². The smallest absolute Gasteiger partial charge is 0.352 e. The summed E-state index contributed by atoms with van der Waals surface area (Å²) in [6.45, 7) is 1.65. The second-order valence-corrected chi connectivity index (χ2v) is 6.67. The van der Waals surface area contributed by atoms with Gasteiger partial charge in [0.15, 0.2) is 0 Å². The third-order valence-corrected chi connectivity index (χ3v) is 4.59. The summed E-state index contributed by atoms with van der Waals surface area (Å²) >= 11 is 0. The largest absolute Gasteiger partial charge is 0.416 e. The summed E-state index contributed by atoms with van der Waals surface area (Å²) in [4.78, 5) is 25.3. The number of hydrogen-bond acceptors (Lipinski definition) is 2. The van der Waals surface area contributed by atoms with Gasteiger partial charge in [-0.1, -0.05) is 24.3 Å². The molecule has 8 heteroatoms. The molecule has 0 radical (unpaired) electrons. The van der Waals surface area contributed by atoms with Gasteiger partial charge >= 0.3 is 6.18 Å². The van der Waals surface area contributed by atoms with Gasteiger partial charge in [0.05, 0.1) is 5.56 Å². The molecule has 0 spiro atoms. The lowest BCUT2D eigenvalue weighted by Gasteiger charge is -2.14. The number of halogens is 4. The van der Waals surface area contributed by atoms with Gasteiger partial charge in [0.25, 0.3) is 11.5 Å². The number of pyridine rings is 1. The normalized spacial score (nSPS) is 11.4. The van der Waals surface area contributed by atoms with Gasteiger partial charge in [-0.05, 0) is 55.3 Å². The molecule has 2 aromatic carbocycles. The van der Waals surface area contributed by atoms with Crippen LogP contribution in [0.4, 0.5) is 17.6 Å². The highest BCUT2D eigenvalue weighted by Gasteiger charge is 2.30. The minimum atomic E-state index is -4.56. The maximum Gasteiger partial charge on any atom is 0.416 e. The third-order valence-electron chi connectivity index (χ3n) is 4.59. The van der Waals surface area contributed by atoms with Crippen LogP contribution in [0.5, 0.6) is 0 Å². The number of benzene rings is 2. The molecule has 0 saturated carbocycles. The van der Waals surface area contributed by atoms with Crippen LogP contribution in [0, 0.1) is 12.7 Å². The van der Waals surface area contributed by atoms with Gasteiger partial charge in [-0.15, -0.1) is 0 Å². The first kappa shape index (κ1) is 21.3. The van der Waals surface area contributed by atoms with Gasteiger partial charge in [-0.2, -0.15) is 13.2 Å². The van der Waals surface area contributed by atoms with Gasteiger partial charge in [-0.25, -0.2) is 4.39 Å². The highest BCUT2D eigenvalue weighted by molar-refractivity contribution is 5.93. The average molecular weight is 418 g/mol. The van der Waals surface area contributed by atoms with Crippen molar-refractivity contribution in [3.05, 3.63) is 99.2 Å². The zero-order valence-corrected chi connectivity index (χ0v) is 16.0. The van der Waals surface area contributed by atoms with E-state index in [4.69, 9.17) is 0 Å². The molecule has 0 atom stereocenters. The van der Waals surface area contributed by atoms with Crippen molar-refractivity contribution in [2.75, 3.05) is 6.54 Å². The Balaban J connectivity index is 1.85. The van der Waals surface area contributed by atoms with E-state index < -0.39 is 29.0 Å². The van der Waals surface area contributed by atoms with Crippen molar-refractivity contribution < 1.29 is 22.4 Å². The van der Waals surface area contributed by atoms with Gasteiger partial charge in [0, 0.05) is 17.9 Å². The Bertz CT molecular complexity index is 1140. The lowest BCUT2D eigenvalue weighted by molar-refractivity contribution is -0.137. The fourth-order valence-electron chi connectivity index (χ4n) is 3.05. The van der Waals surface area contributed by atoms with Crippen molar-refractivity contribution in [3.63, 3.8) is 0 Å². The van der Waals surface area contributed by atoms with Crippen molar-refractivity contribution >= 4 is 5.91 Å². The van der Waals surface area contributed by atoms with E-state index >= 15 is 0 Å². The van der Waals surface area contributed by atoms with E-state index in [1.807, 2.05) is 0 Å². The molecule has 4 nitrogen and oxygen atoms in total. The van der Waals surface area contributed by atoms with E-state index in [1.54, 1.807) is 25.1 Å². The summed E-state index contributed by atoms with van der Waals surface area (Å²) in [6, 6.07) is 13.3. The average Bonchev–Trinajstić information content (AvgIpc) is 2.69. The second-order valence-electron chi connectivity index (χ2n) is 6.67. The predicted molar refractivity (Wildman–Crippen MR) is 104 cm³/mol. The lowest BCUT2D eigenvalue weighted by Crippen LogP contribution is -2.34. The number of rotatable bonds is 5. The number of nitrogens with one attached hydrogen (secondary N) is 1. The van der Waals surface area contributed by atoms with Crippen LogP contribution in [-0.2, 0) is 12.6 Å². The molecule has 0 aliphatic heterocycles. The summed E-state index contributed by atoms with van der Waals surface area (Å²) in [5.41, 5.74) is -1.05. The summed E-state index contributed by atoms with van der Waals surface area (Å²) < 4.78 is 53.8. The monoisotopic (exact) mass is 418 g/mol. The van der Waals surface area contributed by atoms with Crippen LogP contribution < -0.4 is 10.9 Å². The molecule has 1 N–H and O–H groups in total. The van der Waals surface area contributed by atoms with Crippen molar-refractivity contribution in [3.8, 4) is 5.69 Å². The van der Waals surface area contributed by atoms with E-state index in [1.165, 1.54) is 30.3 Å². The van der Waals surface area contributed by atoms with Crippen LogP contribution in [0.2, 0.25) is 0 Å². The summed E-state index contributed by atoms with van der Waals surface area (Å²) in [5, 5.41) is 2.55. The zero-order valence-electron chi connectivity index (χ0n) is 16.0. The minimum Gasteiger partial charge on any atom is -0.352 e. The first-order valence-corrected chi connectivity index (χ1v) is 9.10. The van der Waals surface area contributed by atoms with Crippen molar-refractivity contribution in [2.24, 2.45) is 0 Å². The molecule has 3 rings (SSSR count). The number of carbonyl (C=O) groups is 1. The highest BCUT2D eigenvalue weighted by atomic mass is 19.4. The molecule has 0 unspecified atom stereocenters. The van der Waals surface area contributed by atoms with Crippen molar-refractivity contribution in [1.82, 2.24) is 9.88 Å². The van der Waals surface area contributed by atoms with E-state index in [-0.39, 0.29) is 24.2 Å². The van der Waals surface area contributed by atoms with Crippen LogP contribution in [0.25, 0.3) is 5.69 Å². The zero-order chi connectivity index (χ0) is 21.9. The number of aromatic nitrogens is 1. The molecule has 156 valence electrons. The number of alkyl halides is 3. The Hall–Kier alpha value is -3.42. The summed E-state index contributed by atoms with van der Waals surface area (Å²) in [7, 11) is 0.